The van der Waals surface area contributed by atoms with Crippen molar-refractivity contribution in [3.05, 3.63) is 24.4 Å². The van der Waals surface area contributed by atoms with Gasteiger partial charge < -0.3 is 9.64 Å². The number of nitrogens with one attached hydrogen (secondary N) is 1. The van der Waals surface area contributed by atoms with Crippen LogP contribution in [0.1, 0.15) is 25.1 Å². The normalized spacial score (nSPS) is 24.5. The van der Waals surface area contributed by atoms with Crippen LogP contribution in [0.4, 0.5) is 0 Å². The van der Waals surface area contributed by atoms with Crippen LogP contribution in [-0.4, -0.2) is 55.7 Å². The Labute approximate surface area is 133 Å². The van der Waals surface area contributed by atoms with Crippen molar-refractivity contribution in [3.63, 3.8) is 0 Å². The first-order chi connectivity index (χ1) is 11.2. The van der Waals surface area contributed by atoms with Gasteiger partial charge in [0.25, 0.3) is 0 Å². The number of piperidine rings is 1. The van der Waals surface area contributed by atoms with Crippen LogP contribution < -0.4 is 0 Å². The molecule has 120 valence electrons. The van der Waals surface area contributed by atoms with Crippen LogP contribution in [-0.2, 0) is 16.1 Å². The summed E-state index contributed by atoms with van der Waals surface area (Å²) in [5, 5.41) is 7.06. The zero-order chi connectivity index (χ0) is 15.7. The highest BCUT2D eigenvalue weighted by molar-refractivity contribution is 5.77. The van der Waals surface area contributed by atoms with Crippen LogP contribution in [0.15, 0.2) is 18.6 Å². The van der Waals surface area contributed by atoms with Crippen LogP contribution >= 0.6 is 0 Å². The predicted molar refractivity (Wildman–Crippen MR) is 79.9 cm³/mol. The fourth-order valence-electron chi connectivity index (χ4n) is 3.29. The Bertz CT molecular complexity index is 695. The Morgan fingerprint density at radius 2 is 2.30 bits per heavy atom. The Hall–Kier alpha value is -2.35. The predicted octanol–water partition coefficient (Wildman–Crippen LogP) is 0.791. The van der Waals surface area contributed by atoms with E-state index in [0.29, 0.717) is 30.3 Å². The van der Waals surface area contributed by atoms with Crippen molar-refractivity contribution in [2.24, 2.45) is 5.41 Å². The number of aromatic nitrogens is 5. The molecule has 2 saturated heterocycles. The molecule has 8 heteroatoms. The summed E-state index contributed by atoms with van der Waals surface area (Å²) >= 11 is 0. The summed E-state index contributed by atoms with van der Waals surface area (Å²) in [6, 6.07) is 0. The monoisotopic (exact) mass is 314 g/mol. The molecule has 4 heterocycles. The maximum absolute atomic E-state index is 12.2. The maximum atomic E-state index is 12.2. The van der Waals surface area contributed by atoms with E-state index in [1.807, 2.05) is 4.90 Å². The molecule has 1 amide bonds. The van der Waals surface area contributed by atoms with E-state index >= 15 is 0 Å². The second kappa shape index (κ2) is 5.69. The number of hydrogen-bond donors (Lipinski definition) is 1. The number of ether oxygens (including phenoxy) is 1. The minimum atomic E-state index is 0.127. The third-order valence-electron chi connectivity index (χ3n) is 4.60. The van der Waals surface area contributed by atoms with Crippen molar-refractivity contribution in [3.8, 4) is 11.5 Å². The summed E-state index contributed by atoms with van der Waals surface area (Å²) in [4.78, 5) is 26.7. The average molecular weight is 314 g/mol. The Morgan fingerprint density at radius 3 is 3.09 bits per heavy atom. The summed E-state index contributed by atoms with van der Waals surface area (Å²) in [6.45, 7) is 2.71. The SMILES string of the molecule is O=C1CCC2(CCOC2)CN1Cc1nc(-c2cnccn2)n[nH]1. The van der Waals surface area contributed by atoms with Crippen LogP contribution in [0.3, 0.4) is 0 Å². The highest BCUT2D eigenvalue weighted by Gasteiger charge is 2.41. The van der Waals surface area contributed by atoms with E-state index in [1.165, 1.54) is 0 Å². The molecule has 8 nitrogen and oxygen atoms in total. The molecular formula is C15H18N6O2. The number of carbonyl (C=O) groups is 1. The lowest BCUT2D eigenvalue weighted by Gasteiger charge is -2.38. The van der Waals surface area contributed by atoms with Gasteiger partial charge in [-0.3, -0.25) is 14.9 Å². The minimum Gasteiger partial charge on any atom is -0.381 e. The summed E-state index contributed by atoms with van der Waals surface area (Å²) in [6.07, 6.45) is 7.34. The van der Waals surface area contributed by atoms with Crippen molar-refractivity contribution in [1.82, 2.24) is 30.0 Å². The topological polar surface area (TPSA) is 96.9 Å². The number of likely N-dealkylation sites (tertiary alicyclic amines) is 1. The number of aromatic amines is 1. The molecule has 4 rings (SSSR count). The van der Waals surface area contributed by atoms with Gasteiger partial charge in [0, 0.05) is 37.4 Å². The Morgan fingerprint density at radius 1 is 1.35 bits per heavy atom. The van der Waals surface area contributed by atoms with Gasteiger partial charge in [0.05, 0.1) is 19.3 Å². The lowest BCUT2D eigenvalue weighted by molar-refractivity contribution is -0.138. The molecule has 2 aromatic rings. The van der Waals surface area contributed by atoms with Gasteiger partial charge in [-0.2, -0.15) is 5.10 Å². The molecule has 0 aliphatic carbocycles. The van der Waals surface area contributed by atoms with Crippen LogP contribution in [0.25, 0.3) is 11.5 Å². The molecule has 2 aliphatic rings. The van der Waals surface area contributed by atoms with Crippen molar-refractivity contribution >= 4 is 5.91 Å². The first-order valence-corrected chi connectivity index (χ1v) is 7.77. The number of carbonyl (C=O) groups excluding carboxylic acids is 1. The van der Waals surface area contributed by atoms with Crippen LogP contribution in [0.5, 0.6) is 0 Å². The molecule has 1 unspecified atom stereocenters. The van der Waals surface area contributed by atoms with Gasteiger partial charge in [-0.25, -0.2) is 9.97 Å². The van der Waals surface area contributed by atoms with E-state index in [4.69, 9.17) is 4.74 Å². The fourth-order valence-corrected chi connectivity index (χ4v) is 3.29. The van der Waals surface area contributed by atoms with Gasteiger partial charge in [0.15, 0.2) is 0 Å². The quantitative estimate of drug-likeness (QED) is 0.899. The largest absolute Gasteiger partial charge is 0.381 e. The standard InChI is InChI=1S/C15H18N6O2/c22-13-1-2-15(3-6-23-10-15)9-21(13)8-12-18-14(20-19-12)11-7-16-4-5-17-11/h4-5,7H,1-3,6,8-10H2,(H,18,19,20). The van der Waals surface area contributed by atoms with Gasteiger partial charge in [-0.15, -0.1) is 0 Å². The molecule has 1 atom stereocenters. The summed E-state index contributed by atoms with van der Waals surface area (Å²) in [5.41, 5.74) is 0.738. The van der Waals surface area contributed by atoms with Gasteiger partial charge >= 0.3 is 0 Å². The van der Waals surface area contributed by atoms with E-state index in [0.717, 1.165) is 32.6 Å². The second-order valence-electron chi connectivity index (χ2n) is 6.25. The smallest absolute Gasteiger partial charge is 0.223 e. The molecule has 0 saturated carbocycles. The second-order valence-corrected chi connectivity index (χ2v) is 6.25. The number of nitrogens with zero attached hydrogens (tertiary/aromatic N) is 5. The minimum absolute atomic E-state index is 0.127. The number of rotatable bonds is 3. The third-order valence-corrected chi connectivity index (χ3v) is 4.60. The summed E-state index contributed by atoms with van der Waals surface area (Å²) < 4.78 is 5.54. The highest BCUT2D eigenvalue weighted by atomic mass is 16.5. The fraction of sp³-hybridized carbons (Fsp3) is 0.533. The summed E-state index contributed by atoms with van der Waals surface area (Å²) in [7, 11) is 0. The highest BCUT2D eigenvalue weighted by Crippen LogP contribution is 2.38. The van der Waals surface area contributed by atoms with Crippen molar-refractivity contribution in [2.45, 2.75) is 25.8 Å². The zero-order valence-corrected chi connectivity index (χ0v) is 12.7. The van der Waals surface area contributed by atoms with Gasteiger partial charge in [0.2, 0.25) is 11.7 Å². The molecule has 23 heavy (non-hydrogen) atoms. The first-order valence-electron chi connectivity index (χ1n) is 7.77. The number of H-pyrrole nitrogens is 1. The van der Waals surface area contributed by atoms with E-state index < -0.39 is 0 Å². The van der Waals surface area contributed by atoms with Gasteiger partial charge in [-0.1, -0.05) is 0 Å². The zero-order valence-electron chi connectivity index (χ0n) is 12.7. The van der Waals surface area contributed by atoms with Crippen molar-refractivity contribution in [1.29, 1.82) is 0 Å². The third kappa shape index (κ3) is 2.81. The average Bonchev–Trinajstić information content (AvgIpc) is 3.22. The van der Waals surface area contributed by atoms with Crippen molar-refractivity contribution in [2.75, 3.05) is 19.8 Å². The van der Waals surface area contributed by atoms with Gasteiger partial charge in [0.1, 0.15) is 11.5 Å². The maximum Gasteiger partial charge on any atom is 0.223 e. The molecule has 2 fully saturated rings. The summed E-state index contributed by atoms with van der Waals surface area (Å²) in [5.74, 6) is 1.33. The van der Waals surface area contributed by atoms with Gasteiger partial charge in [-0.05, 0) is 12.8 Å². The van der Waals surface area contributed by atoms with Crippen molar-refractivity contribution < 1.29 is 9.53 Å². The van der Waals surface area contributed by atoms with E-state index in [1.54, 1.807) is 18.6 Å². The lowest BCUT2D eigenvalue weighted by Crippen LogP contribution is -2.46. The Kier molecular flexibility index (Phi) is 3.53. The van der Waals surface area contributed by atoms with E-state index in [-0.39, 0.29) is 11.3 Å². The number of hydrogen-bond acceptors (Lipinski definition) is 6. The lowest BCUT2D eigenvalue weighted by atomic mass is 9.79. The molecule has 1 N–H and O–H groups in total. The molecule has 2 aromatic heterocycles. The van der Waals surface area contributed by atoms with Crippen LogP contribution in [0, 0.1) is 5.41 Å². The number of amides is 1. The van der Waals surface area contributed by atoms with Crippen LogP contribution in [0.2, 0.25) is 0 Å². The molecule has 0 bridgehead atoms. The first kappa shape index (κ1) is 14.3. The van der Waals surface area contributed by atoms with E-state index in [9.17, 15) is 4.79 Å². The van der Waals surface area contributed by atoms with E-state index in [2.05, 4.69) is 25.1 Å². The molecule has 2 aliphatic heterocycles. The molecular weight excluding hydrogens is 296 g/mol. The molecule has 0 radical (unpaired) electrons. The Balaban J connectivity index is 1.49. The molecule has 1 spiro atoms. The molecule has 0 aromatic carbocycles.